The molecule has 3 aliphatic carbocycles. The fourth-order valence-corrected chi connectivity index (χ4v) is 5.27. The number of fused-ring (bicyclic) bond motifs is 1. The Morgan fingerprint density at radius 3 is 2.32 bits per heavy atom. The highest BCUT2D eigenvalue weighted by Crippen LogP contribution is 2.49. The van der Waals surface area contributed by atoms with Gasteiger partial charge in [-0.05, 0) is 48.9 Å². The summed E-state index contributed by atoms with van der Waals surface area (Å²) in [4.78, 5) is 25.8. The topological polar surface area (TPSA) is 59.0 Å². The number of carbonyl (C=O) groups is 2. The van der Waals surface area contributed by atoms with Crippen molar-refractivity contribution < 1.29 is 14.3 Å². The van der Waals surface area contributed by atoms with Crippen molar-refractivity contribution in [3.8, 4) is 5.75 Å². The highest BCUT2D eigenvalue weighted by molar-refractivity contribution is 6.35. The summed E-state index contributed by atoms with van der Waals surface area (Å²) >= 11 is 12.2. The minimum absolute atomic E-state index is 0.145. The van der Waals surface area contributed by atoms with Crippen molar-refractivity contribution in [2.24, 2.45) is 28.8 Å². The van der Waals surface area contributed by atoms with Crippen LogP contribution in [0.15, 0.2) is 59.7 Å². The number of hydrazone groups is 1. The fourth-order valence-electron chi connectivity index (χ4n) is 4.81. The molecule has 2 aromatic rings. The SMILES string of the molecule is O=C1[C@@H]2[C@H](C(=O)N1/N=C\c1ccccc1OCc1ccc(Cl)cc1Cl)[C@H]1C=C[C@H]2CC1. The minimum atomic E-state index is -0.271. The first kappa shape index (κ1) is 20.3. The zero-order valence-electron chi connectivity index (χ0n) is 16.6. The molecule has 31 heavy (non-hydrogen) atoms. The van der Waals surface area contributed by atoms with Crippen LogP contribution in [0.2, 0.25) is 10.0 Å². The number of carbonyl (C=O) groups excluding carboxylic acids is 2. The molecule has 2 amide bonds. The van der Waals surface area contributed by atoms with Crippen molar-refractivity contribution in [1.82, 2.24) is 5.01 Å². The zero-order chi connectivity index (χ0) is 21.5. The number of halogens is 2. The van der Waals surface area contributed by atoms with E-state index in [1.807, 2.05) is 30.3 Å². The predicted molar refractivity (Wildman–Crippen MR) is 119 cm³/mol. The summed E-state index contributed by atoms with van der Waals surface area (Å²) in [7, 11) is 0. The quantitative estimate of drug-likeness (QED) is 0.358. The molecule has 2 bridgehead atoms. The highest BCUT2D eigenvalue weighted by atomic mass is 35.5. The molecule has 0 radical (unpaired) electrons. The van der Waals surface area contributed by atoms with Gasteiger partial charge in [-0.1, -0.05) is 53.6 Å². The lowest BCUT2D eigenvalue weighted by molar-refractivity contribution is -0.140. The normalized spacial score (nSPS) is 26.7. The van der Waals surface area contributed by atoms with E-state index >= 15 is 0 Å². The second-order valence-corrected chi connectivity index (χ2v) is 8.98. The Bertz CT molecular complexity index is 1080. The van der Waals surface area contributed by atoms with Crippen molar-refractivity contribution in [1.29, 1.82) is 0 Å². The summed E-state index contributed by atoms with van der Waals surface area (Å²) < 4.78 is 5.93. The van der Waals surface area contributed by atoms with Crippen molar-refractivity contribution in [2.45, 2.75) is 19.4 Å². The van der Waals surface area contributed by atoms with Crippen molar-refractivity contribution in [3.05, 3.63) is 75.8 Å². The van der Waals surface area contributed by atoms with Crippen molar-refractivity contribution >= 4 is 41.2 Å². The second-order valence-electron chi connectivity index (χ2n) is 8.14. The number of para-hydroxylation sites is 1. The summed E-state index contributed by atoms with van der Waals surface area (Å²) in [5, 5.41) is 6.42. The van der Waals surface area contributed by atoms with Crippen LogP contribution < -0.4 is 4.74 Å². The van der Waals surface area contributed by atoms with E-state index in [9.17, 15) is 9.59 Å². The maximum absolute atomic E-state index is 12.9. The Balaban J connectivity index is 1.34. The third-order valence-electron chi connectivity index (χ3n) is 6.37. The summed E-state index contributed by atoms with van der Waals surface area (Å²) in [6, 6.07) is 12.6. The number of imide groups is 1. The molecule has 2 fully saturated rings. The van der Waals surface area contributed by atoms with Gasteiger partial charge in [0.2, 0.25) is 0 Å². The number of rotatable bonds is 5. The van der Waals surface area contributed by atoms with Gasteiger partial charge in [-0.2, -0.15) is 10.1 Å². The van der Waals surface area contributed by atoms with Gasteiger partial charge in [0.15, 0.2) is 0 Å². The molecular formula is C24H20Cl2N2O3. The summed E-state index contributed by atoms with van der Waals surface area (Å²) in [5.41, 5.74) is 1.47. The number of benzene rings is 2. The molecule has 6 rings (SSSR count). The largest absolute Gasteiger partial charge is 0.488 e. The molecule has 1 saturated heterocycles. The highest BCUT2D eigenvalue weighted by Gasteiger charge is 2.56. The van der Waals surface area contributed by atoms with E-state index in [0.29, 0.717) is 21.4 Å². The van der Waals surface area contributed by atoms with Crippen LogP contribution in [0.1, 0.15) is 24.0 Å². The van der Waals surface area contributed by atoms with Crippen LogP contribution in [0, 0.1) is 23.7 Å². The number of ether oxygens (including phenoxy) is 1. The summed E-state index contributed by atoms with van der Waals surface area (Å²) in [5.74, 6) is -0.0690. The smallest absolute Gasteiger partial charge is 0.254 e. The molecule has 0 aromatic heterocycles. The molecule has 0 spiro atoms. The average Bonchev–Trinajstić information content (AvgIpc) is 3.05. The maximum atomic E-state index is 12.9. The van der Waals surface area contributed by atoms with Crippen LogP contribution in [-0.4, -0.2) is 23.0 Å². The molecule has 2 aromatic carbocycles. The van der Waals surface area contributed by atoms with Gasteiger partial charge in [0.1, 0.15) is 12.4 Å². The maximum Gasteiger partial charge on any atom is 0.254 e. The standard InChI is InChI=1S/C24H20Cl2N2O3/c25-18-10-9-17(19(26)11-18)13-31-20-4-2-1-3-16(20)12-27-28-23(29)21-14-5-6-15(8-7-14)22(21)24(28)30/h1-6,9-12,14-15,21-22H,7-8,13H2/b27-12-/t14-,15-,21-,22+/m0/s1. The predicted octanol–water partition coefficient (Wildman–Crippen LogP) is 5.10. The Kier molecular flexibility index (Phi) is 5.32. The van der Waals surface area contributed by atoms with Gasteiger partial charge in [0, 0.05) is 21.2 Å². The molecule has 5 nitrogen and oxygen atoms in total. The van der Waals surface area contributed by atoms with Gasteiger partial charge in [-0.15, -0.1) is 0 Å². The van der Waals surface area contributed by atoms with Gasteiger partial charge in [0.25, 0.3) is 11.8 Å². The Morgan fingerprint density at radius 2 is 1.68 bits per heavy atom. The average molecular weight is 455 g/mol. The third kappa shape index (κ3) is 3.66. The van der Waals surface area contributed by atoms with Crippen LogP contribution in [0.3, 0.4) is 0 Å². The number of amides is 2. The summed E-state index contributed by atoms with van der Waals surface area (Å²) in [6.45, 7) is 0.252. The van der Waals surface area contributed by atoms with Gasteiger partial charge in [-0.3, -0.25) is 9.59 Å². The van der Waals surface area contributed by atoms with E-state index in [1.165, 1.54) is 6.21 Å². The van der Waals surface area contributed by atoms with Gasteiger partial charge < -0.3 is 4.74 Å². The molecule has 7 heteroatoms. The minimum Gasteiger partial charge on any atom is -0.488 e. The molecule has 158 valence electrons. The monoisotopic (exact) mass is 454 g/mol. The molecule has 0 N–H and O–H groups in total. The first-order valence-corrected chi connectivity index (χ1v) is 11.0. The molecule has 0 unspecified atom stereocenters. The molecule has 1 saturated carbocycles. The first-order chi connectivity index (χ1) is 15.0. The molecule has 4 aliphatic rings. The van der Waals surface area contributed by atoms with E-state index in [-0.39, 0.29) is 42.1 Å². The molecule has 1 aliphatic heterocycles. The number of nitrogens with zero attached hydrogens (tertiary/aromatic N) is 2. The van der Waals surface area contributed by atoms with Crippen molar-refractivity contribution in [2.75, 3.05) is 0 Å². The van der Waals surface area contributed by atoms with E-state index in [4.69, 9.17) is 27.9 Å². The number of hydrogen-bond acceptors (Lipinski definition) is 4. The Hall–Kier alpha value is -2.63. The lowest BCUT2D eigenvalue weighted by atomic mass is 9.63. The van der Waals surface area contributed by atoms with E-state index in [2.05, 4.69) is 17.3 Å². The van der Waals surface area contributed by atoms with Crippen molar-refractivity contribution in [3.63, 3.8) is 0 Å². The van der Waals surface area contributed by atoms with E-state index in [1.54, 1.807) is 12.1 Å². The number of hydrogen-bond donors (Lipinski definition) is 0. The van der Waals surface area contributed by atoms with Crippen LogP contribution in [0.4, 0.5) is 0 Å². The second kappa shape index (κ2) is 8.13. The van der Waals surface area contributed by atoms with Gasteiger partial charge >= 0.3 is 0 Å². The molecule has 1 heterocycles. The summed E-state index contributed by atoms with van der Waals surface area (Å²) in [6.07, 6.45) is 7.63. The lowest BCUT2D eigenvalue weighted by Crippen LogP contribution is -2.38. The fraction of sp³-hybridized carbons (Fsp3) is 0.292. The third-order valence-corrected chi connectivity index (χ3v) is 6.95. The Morgan fingerprint density at radius 1 is 1.00 bits per heavy atom. The Labute approximate surface area is 190 Å². The van der Waals surface area contributed by atoms with Crippen LogP contribution in [-0.2, 0) is 16.2 Å². The first-order valence-electron chi connectivity index (χ1n) is 10.3. The lowest BCUT2D eigenvalue weighted by Gasteiger charge is -2.37. The van der Waals surface area contributed by atoms with Crippen LogP contribution >= 0.6 is 23.2 Å². The van der Waals surface area contributed by atoms with Crippen LogP contribution in [0.25, 0.3) is 0 Å². The number of allylic oxidation sites excluding steroid dienone is 2. The van der Waals surface area contributed by atoms with E-state index < -0.39 is 0 Å². The van der Waals surface area contributed by atoms with Crippen LogP contribution in [0.5, 0.6) is 5.75 Å². The van der Waals surface area contributed by atoms with Gasteiger partial charge in [0.05, 0.1) is 18.1 Å². The molecule has 4 atom stereocenters. The molecular weight excluding hydrogens is 435 g/mol. The van der Waals surface area contributed by atoms with E-state index in [0.717, 1.165) is 23.4 Å². The zero-order valence-corrected chi connectivity index (χ0v) is 18.1. The van der Waals surface area contributed by atoms with Gasteiger partial charge in [-0.25, -0.2) is 0 Å².